The molecule has 0 fully saturated rings. The Hall–Kier alpha value is -0.610. The largest absolute Gasteiger partial charge is 0.379 e. The van der Waals surface area contributed by atoms with E-state index < -0.39 is 0 Å². The lowest BCUT2D eigenvalue weighted by molar-refractivity contribution is -0.0672. The highest BCUT2D eigenvalue weighted by atomic mass is 35.5. The molecule has 0 aliphatic carbocycles. The summed E-state index contributed by atoms with van der Waals surface area (Å²) in [7, 11) is 0. The van der Waals surface area contributed by atoms with E-state index in [0.29, 0.717) is 25.7 Å². The van der Waals surface area contributed by atoms with Crippen molar-refractivity contribution in [2.24, 2.45) is 0 Å². The van der Waals surface area contributed by atoms with Crippen molar-refractivity contribution >= 4 is 11.6 Å². The molecule has 0 bridgehead atoms. The summed E-state index contributed by atoms with van der Waals surface area (Å²) < 4.78 is 17.5. The van der Waals surface area contributed by atoms with Crippen LogP contribution in [0.3, 0.4) is 0 Å². The van der Waals surface area contributed by atoms with Gasteiger partial charge in [0.1, 0.15) is 6.10 Å². The van der Waals surface area contributed by atoms with Gasteiger partial charge in [0.05, 0.1) is 19.8 Å². The Morgan fingerprint density at radius 1 is 0.875 bits per heavy atom. The molecule has 0 spiro atoms. The van der Waals surface area contributed by atoms with Crippen LogP contribution in [-0.2, 0) is 20.8 Å². The van der Waals surface area contributed by atoms with Crippen LogP contribution in [0.4, 0.5) is 0 Å². The van der Waals surface area contributed by atoms with Gasteiger partial charge in [0.15, 0.2) is 0 Å². The van der Waals surface area contributed by atoms with Crippen LogP contribution in [0.2, 0.25) is 0 Å². The van der Waals surface area contributed by atoms with Gasteiger partial charge in [-0.1, -0.05) is 56.5 Å². The molecular formula is C20H33ClO3. The average Bonchev–Trinajstić information content (AvgIpc) is 2.62. The number of rotatable bonds is 16. The van der Waals surface area contributed by atoms with Crippen molar-refractivity contribution in [3.05, 3.63) is 35.9 Å². The molecule has 4 heteroatoms. The van der Waals surface area contributed by atoms with Crippen LogP contribution in [0.1, 0.15) is 51.0 Å². The fourth-order valence-electron chi connectivity index (χ4n) is 2.29. The lowest BCUT2D eigenvalue weighted by atomic mass is 10.2. The van der Waals surface area contributed by atoms with Crippen LogP contribution in [0.15, 0.2) is 30.3 Å². The summed E-state index contributed by atoms with van der Waals surface area (Å²) in [5, 5.41) is 0. The number of hydrogen-bond acceptors (Lipinski definition) is 3. The first-order valence-corrected chi connectivity index (χ1v) is 9.77. The highest BCUT2D eigenvalue weighted by Gasteiger charge is 2.10. The monoisotopic (exact) mass is 356 g/mol. The first-order valence-electron chi connectivity index (χ1n) is 9.23. The normalized spacial score (nSPS) is 12.4. The molecule has 0 N–H and O–H groups in total. The molecule has 1 rings (SSSR count). The van der Waals surface area contributed by atoms with Gasteiger partial charge >= 0.3 is 0 Å². The zero-order chi connectivity index (χ0) is 17.3. The van der Waals surface area contributed by atoms with Gasteiger partial charge < -0.3 is 14.2 Å². The second kappa shape index (κ2) is 15.9. The molecule has 0 aliphatic heterocycles. The Morgan fingerprint density at radius 3 is 2.17 bits per heavy atom. The second-order valence-electron chi connectivity index (χ2n) is 6.03. The van der Waals surface area contributed by atoms with Gasteiger partial charge in [0, 0.05) is 19.1 Å². The first-order chi connectivity index (χ1) is 11.9. The molecule has 1 aromatic rings. The lowest BCUT2D eigenvalue weighted by Crippen LogP contribution is -2.26. The Kier molecular flexibility index (Phi) is 14.2. The van der Waals surface area contributed by atoms with Crippen LogP contribution in [0.5, 0.6) is 0 Å². The Morgan fingerprint density at radius 2 is 1.54 bits per heavy atom. The highest BCUT2D eigenvalue weighted by Crippen LogP contribution is 2.06. The maximum Gasteiger partial charge on any atom is 0.105 e. The fraction of sp³-hybridized carbons (Fsp3) is 0.700. The molecular weight excluding hydrogens is 324 g/mol. The van der Waals surface area contributed by atoms with E-state index in [1.54, 1.807) is 0 Å². The number of halogens is 1. The van der Waals surface area contributed by atoms with E-state index in [-0.39, 0.29) is 6.10 Å². The number of benzene rings is 1. The van der Waals surface area contributed by atoms with Gasteiger partial charge in [-0.2, -0.15) is 0 Å². The molecule has 0 saturated heterocycles. The third-order valence-corrected chi connectivity index (χ3v) is 4.02. The fourth-order valence-corrected chi connectivity index (χ4v) is 2.48. The Balaban J connectivity index is 2.23. The molecule has 0 radical (unpaired) electrons. The summed E-state index contributed by atoms with van der Waals surface area (Å²) >= 11 is 5.68. The summed E-state index contributed by atoms with van der Waals surface area (Å²) in [5.41, 5.74) is 1.17. The molecule has 3 nitrogen and oxygen atoms in total. The predicted octanol–water partition coefficient (Wildman–Crippen LogP) is 5.20. The first kappa shape index (κ1) is 21.4. The Labute approximate surface area is 152 Å². The quantitative estimate of drug-likeness (QED) is 0.301. The topological polar surface area (TPSA) is 27.7 Å². The highest BCUT2D eigenvalue weighted by molar-refractivity contribution is 6.17. The van der Waals surface area contributed by atoms with Crippen LogP contribution in [0.25, 0.3) is 0 Å². The van der Waals surface area contributed by atoms with Gasteiger partial charge in [-0.3, -0.25) is 0 Å². The van der Waals surface area contributed by atoms with Crippen LogP contribution < -0.4 is 0 Å². The molecule has 24 heavy (non-hydrogen) atoms. The van der Waals surface area contributed by atoms with Gasteiger partial charge in [0.2, 0.25) is 0 Å². The van der Waals surface area contributed by atoms with E-state index in [2.05, 4.69) is 19.1 Å². The molecule has 0 saturated carbocycles. The Bertz CT molecular complexity index is 372. The van der Waals surface area contributed by atoms with E-state index in [0.717, 1.165) is 32.5 Å². The van der Waals surface area contributed by atoms with Gasteiger partial charge in [0.25, 0.3) is 0 Å². The number of alkyl halides is 1. The van der Waals surface area contributed by atoms with E-state index in [9.17, 15) is 0 Å². The van der Waals surface area contributed by atoms with E-state index in [1.165, 1.54) is 24.8 Å². The lowest BCUT2D eigenvalue weighted by Gasteiger charge is -2.18. The van der Waals surface area contributed by atoms with Gasteiger partial charge in [-0.05, 0) is 24.8 Å². The van der Waals surface area contributed by atoms with Crippen LogP contribution in [-0.4, -0.2) is 38.4 Å². The van der Waals surface area contributed by atoms with E-state index in [4.69, 9.17) is 25.8 Å². The molecule has 0 aliphatic rings. The standard InChI is InChI=1S/C20H33ClO3/c1-2-3-4-9-14-22-17-20(18-23-15-10-8-13-21)24-16-19-11-6-5-7-12-19/h5-7,11-12,20H,2-4,8-10,13-18H2,1H3. The third kappa shape index (κ3) is 11.9. The van der Waals surface area contributed by atoms with Crippen LogP contribution in [0, 0.1) is 0 Å². The average molecular weight is 357 g/mol. The van der Waals surface area contributed by atoms with Gasteiger partial charge in [-0.25, -0.2) is 0 Å². The van der Waals surface area contributed by atoms with E-state index in [1.807, 2.05) is 18.2 Å². The minimum Gasteiger partial charge on any atom is -0.379 e. The second-order valence-corrected chi connectivity index (χ2v) is 6.40. The summed E-state index contributed by atoms with van der Waals surface area (Å²) in [4.78, 5) is 0. The minimum atomic E-state index is -0.0209. The van der Waals surface area contributed by atoms with Crippen LogP contribution >= 0.6 is 11.6 Å². The summed E-state index contributed by atoms with van der Waals surface area (Å²) in [6, 6.07) is 10.2. The molecule has 138 valence electrons. The van der Waals surface area contributed by atoms with Gasteiger partial charge in [-0.15, -0.1) is 11.6 Å². The molecule has 1 unspecified atom stereocenters. The maximum atomic E-state index is 5.99. The molecule has 1 aromatic carbocycles. The molecule has 0 aromatic heterocycles. The minimum absolute atomic E-state index is 0.0209. The molecule has 0 amide bonds. The van der Waals surface area contributed by atoms with Crippen molar-refractivity contribution in [1.82, 2.24) is 0 Å². The number of unbranched alkanes of at least 4 members (excludes halogenated alkanes) is 4. The number of ether oxygens (including phenoxy) is 3. The van der Waals surface area contributed by atoms with Crippen molar-refractivity contribution in [1.29, 1.82) is 0 Å². The molecule has 0 heterocycles. The smallest absolute Gasteiger partial charge is 0.105 e. The number of hydrogen-bond donors (Lipinski definition) is 0. The molecule has 1 atom stereocenters. The SMILES string of the molecule is CCCCCCOCC(COCCCCCl)OCc1ccccc1. The van der Waals surface area contributed by atoms with E-state index >= 15 is 0 Å². The van der Waals surface area contributed by atoms with Crippen molar-refractivity contribution in [3.63, 3.8) is 0 Å². The summed E-state index contributed by atoms with van der Waals surface area (Å²) in [6.07, 6.45) is 6.85. The predicted molar refractivity (Wildman–Crippen MR) is 101 cm³/mol. The van der Waals surface area contributed by atoms with Crippen molar-refractivity contribution < 1.29 is 14.2 Å². The maximum absolute atomic E-state index is 5.99. The zero-order valence-electron chi connectivity index (χ0n) is 15.1. The summed E-state index contributed by atoms with van der Waals surface area (Å²) in [5.74, 6) is 0.693. The summed E-state index contributed by atoms with van der Waals surface area (Å²) in [6.45, 7) is 5.51. The zero-order valence-corrected chi connectivity index (χ0v) is 15.8. The third-order valence-electron chi connectivity index (χ3n) is 3.75. The van der Waals surface area contributed by atoms with Crippen molar-refractivity contribution in [2.75, 3.05) is 32.3 Å². The van der Waals surface area contributed by atoms with Crippen molar-refractivity contribution in [3.8, 4) is 0 Å². The van der Waals surface area contributed by atoms with Crippen molar-refractivity contribution in [2.45, 2.75) is 58.2 Å².